The van der Waals surface area contributed by atoms with Crippen LogP contribution in [-0.2, 0) is 13.1 Å². The van der Waals surface area contributed by atoms with Gasteiger partial charge in [0, 0.05) is 53.3 Å². The van der Waals surface area contributed by atoms with Crippen LogP contribution in [0.15, 0.2) is 96.2 Å². The van der Waals surface area contributed by atoms with Crippen molar-refractivity contribution >= 4 is 39.4 Å². The van der Waals surface area contributed by atoms with Crippen molar-refractivity contribution < 1.29 is 33.8 Å². The van der Waals surface area contributed by atoms with E-state index in [9.17, 15) is 24.8 Å². The average molecular weight is 806 g/mol. The number of nitro groups is 1. The lowest BCUT2D eigenvalue weighted by Crippen LogP contribution is -2.27. The van der Waals surface area contributed by atoms with Crippen LogP contribution in [0.2, 0.25) is 0 Å². The molecule has 0 atom stereocenters. The number of phenolic OH excluding ortho intramolecular Hbond substituents is 1. The number of nitrogens with zero attached hydrogens (tertiary/aromatic N) is 6. The van der Waals surface area contributed by atoms with Gasteiger partial charge in [-0.1, -0.05) is 54.1 Å². The number of hydrogen-bond donors (Lipinski definition) is 2. The number of rotatable bonds is 17. The van der Waals surface area contributed by atoms with E-state index in [2.05, 4.69) is 26.9 Å². The number of non-ortho nitro benzene ring substituents is 1. The quantitative estimate of drug-likeness (QED) is 0.0390. The highest BCUT2D eigenvalue weighted by molar-refractivity contribution is 8.13. The summed E-state index contributed by atoms with van der Waals surface area (Å²) < 4.78 is 19.1. The zero-order valence-corrected chi connectivity index (χ0v) is 33.3. The number of hydrogen-bond acceptors (Lipinski definition) is 12. The molecule has 6 rings (SSSR count). The van der Waals surface area contributed by atoms with Crippen LogP contribution in [0.25, 0.3) is 10.8 Å². The fourth-order valence-corrected chi connectivity index (χ4v) is 6.96. The topological polar surface area (TPSA) is 184 Å². The van der Waals surface area contributed by atoms with Crippen molar-refractivity contribution in [1.82, 2.24) is 30.4 Å². The zero-order chi connectivity index (χ0) is 41.2. The third-order valence-electron chi connectivity index (χ3n) is 9.31. The molecule has 5 aromatic carbocycles. The Labute approximate surface area is 339 Å². The van der Waals surface area contributed by atoms with E-state index in [1.54, 1.807) is 38.3 Å². The number of unbranched alkanes of at least 4 members (excludes halogenated alkanes) is 1. The first-order valence-electron chi connectivity index (χ1n) is 18.6. The molecule has 0 fully saturated rings. The highest BCUT2D eigenvalue weighted by Gasteiger charge is 2.24. The molecule has 300 valence electrons. The Morgan fingerprint density at radius 2 is 1.71 bits per heavy atom. The number of methoxy groups -OCH3 is 1. The van der Waals surface area contributed by atoms with Crippen LogP contribution >= 0.6 is 11.8 Å². The molecule has 16 heteroatoms. The van der Waals surface area contributed by atoms with Crippen molar-refractivity contribution in [3.05, 3.63) is 129 Å². The molecule has 2 N–H and O–H groups in total. The van der Waals surface area contributed by atoms with Crippen LogP contribution < -0.4 is 19.5 Å². The molecule has 0 saturated heterocycles. The van der Waals surface area contributed by atoms with E-state index >= 15 is 0 Å². The van der Waals surface area contributed by atoms with Crippen LogP contribution in [-0.4, -0.2) is 73.1 Å². The summed E-state index contributed by atoms with van der Waals surface area (Å²) in [7, 11) is 1.58. The summed E-state index contributed by atoms with van der Waals surface area (Å²) in [6, 6.07) is 25.9. The maximum atomic E-state index is 13.7. The second-order valence-electron chi connectivity index (χ2n) is 13.4. The number of fused-ring (bicyclic) bond motifs is 1. The van der Waals surface area contributed by atoms with Gasteiger partial charge in [-0.05, 0) is 85.5 Å². The van der Waals surface area contributed by atoms with Crippen molar-refractivity contribution in [3.8, 4) is 28.7 Å². The number of tetrazole rings is 1. The molecule has 0 saturated carbocycles. The van der Waals surface area contributed by atoms with Gasteiger partial charge in [0.05, 0.1) is 37.3 Å². The van der Waals surface area contributed by atoms with Gasteiger partial charge >= 0.3 is 0 Å². The van der Waals surface area contributed by atoms with Crippen molar-refractivity contribution in [2.24, 2.45) is 0 Å². The molecule has 0 bridgehead atoms. The summed E-state index contributed by atoms with van der Waals surface area (Å²) in [5, 5.41) is 38.6. The molecule has 0 spiro atoms. The molecule has 0 radical (unpaired) electrons. The lowest BCUT2D eigenvalue weighted by atomic mass is 10.0. The van der Waals surface area contributed by atoms with Crippen molar-refractivity contribution in [2.75, 3.05) is 26.8 Å². The molecule has 1 heterocycles. The maximum Gasteiger partial charge on any atom is 0.289 e. The third kappa shape index (κ3) is 10.00. The summed E-state index contributed by atoms with van der Waals surface area (Å²) >= 11 is 0.830. The number of carbonyl (C=O) groups is 2. The SMILES string of the molecule is CCN(Cc1cc([N+](=O)[O-])ccc1Oc1cc(C(=O)NCCCCOc2ccc(C)cc2C)c(O)c2ccccc12)C(=O)Sc1nnnn1Cc1ccc(OC)cc1. The highest BCUT2D eigenvalue weighted by Crippen LogP contribution is 2.40. The number of carbonyl (C=O) groups excluding carboxylic acids is 2. The first-order valence-corrected chi connectivity index (χ1v) is 19.4. The fourth-order valence-electron chi connectivity index (χ4n) is 6.20. The summed E-state index contributed by atoms with van der Waals surface area (Å²) in [4.78, 5) is 40.0. The third-order valence-corrected chi connectivity index (χ3v) is 10.2. The number of aromatic nitrogens is 4. The van der Waals surface area contributed by atoms with Gasteiger partial charge in [0.25, 0.3) is 16.8 Å². The van der Waals surface area contributed by atoms with Crippen molar-refractivity contribution in [2.45, 2.75) is 51.9 Å². The first kappa shape index (κ1) is 41.0. The van der Waals surface area contributed by atoms with Crippen LogP contribution in [0.5, 0.6) is 28.7 Å². The Balaban J connectivity index is 1.17. The minimum absolute atomic E-state index is 0.00202. The second kappa shape index (κ2) is 19.0. The van der Waals surface area contributed by atoms with Gasteiger partial charge in [0.1, 0.15) is 28.7 Å². The number of aryl methyl sites for hydroxylation is 2. The molecule has 0 unspecified atom stereocenters. The van der Waals surface area contributed by atoms with Gasteiger partial charge in [-0.15, -0.1) is 5.10 Å². The van der Waals surface area contributed by atoms with Gasteiger partial charge in [-0.2, -0.15) is 0 Å². The number of aromatic hydroxyl groups is 1. The van der Waals surface area contributed by atoms with Crippen LogP contribution in [0.4, 0.5) is 10.5 Å². The standard InChI is InChI=1S/C42H43N7O8S/c1-5-47(42(52)58-41-44-45-46-48(41)25-29-13-16-32(55-4)17-14-29)26-30-23-31(49(53)54)15-19-37(30)57-38-24-35(39(50)34-11-7-6-10-33(34)38)40(51)43-20-8-9-21-56-36-18-12-27(2)22-28(36)3/h6-7,10-19,22-24,50H,5,8-9,20-21,25-26H2,1-4H3,(H,43,51). The summed E-state index contributed by atoms with van der Waals surface area (Å²) in [6.07, 6.45) is 1.34. The first-order chi connectivity index (χ1) is 28.0. The maximum absolute atomic E-state index is 13.7. The van der Waals surface area contributed by atoms with Crippen molar-refractivity contribution in [3.63, 3.8) is 0 Å². The van der Waals surface area contributed by atoms with E-state index in [-0.39, 0.29) is 46.7 Å². The number of thioether (sulfide) groups is 1. The summed E-state index contributed by atoms with van der Waals surface area (Å²) in [6.45, 7) is 7.14. The smallest absolute Gasteiger partial charge is 0.289 e. The number of ether oxygens (including phenoxy) is 3. The van der Waals surface area contributed by atoms with E-state index in [0.29, 0.717) is 54.6 Å². The predicted molar refractivity (Wildman–Crippen MR) is 219 cm³/mol. The zero-order valence-electron chi connectivity index (χ0n) is 32.5. The normalized spacial score (nSPS) is 11.0. The Hall–Kier alpha value is -6.68. The molecule has 1 aromatic heterocycles. The van der Waals surface area contributed by atoms with Gasteiger partial charge in [-0.3, -0.25) is 19.7 Å². The number of nitrogens with one attached hydrogen (secondary N) is 1. The van der Waals surface area contributed by atoms with Crippen LogP contribution in [0, 0.1) is 24.0 Å². The Bertz CT molecular complexity index is 2420. The molecule has 6 aromatic rings. The summed E-state index contributed by atoms with van der Waals surface area (Å²) in [5.74, 6) is 1.27. The second-order valence-corrected chi connectivity index (χ2v) is 14.3. The predicted octanol–water partition coefficient (Wildman–Crippen LogP) is 8.23. The molecule has 58 heavy (non-hydrogen) atoms. The van der Waals surface area contributed by atoms with Crippen LogP contribution in [0.3, 0.4) is 0 Å². The fraction of sp³-hybridized carbons (Fsp3) is 0.262. The van der Waals surface area contributed by atoms with Crippen molar-refractivity contribution in [1.29, 1.82) is 0 Å². The molecule has 0 aliphatic carbocycles. The minimum atomic E-state index is -0.526. The molecular formula is C42H43N7O8S. The van der Waals surface area contributed by atoms with E-state index in [0.717, 1.165) is 34.2 Å². The number of amides is 2. The number of phenols is 1. The lowest BCUT2D eigenvalue weighted by Gasteiger charge is -2.22. The van der Waals surface area contributed by atoms with Gasteiger partial charge < -0.3 is 29.5 Å². The monoisotopic (exact) mass is 805 g/mol. The largest absolute Gasteiger partial charge is 0.506 e. The molecular weight excluding hydrogens is 763 g/mol. The van der Waals surface area contributed by atoms with Gasteiger partial charge in [0.2, 0.25) is 5.16 Å². The Morgan fingerprint density at radius 3 is 2.43 bits per heavy atom. The molecule has 2 amide bonds. The van der Waals surface area contributed by atoms with Gasteiger partial charge in [0.15, 0.2) is 0 Å². The van der Waals surface area contributed by atoms with E-state index in [1.165, 1.54) is 33.8 Å². The lowest BCUT2D eigenvalue weighted by molar-refractivity contribution is -0.384. The molecule has 15 nitrogen and oxygen atoms in total. The van der Waals surface area contributed by atoms with E-state index < -0.39 is 16.1 Å². The van der Waals surface area contributed by atoms with E-state index in [1.807, 2.05) is 50.2 Å². The van der Waals surface area contributed by atoms with Gasteiger partial charge in [-0.25, -0.2) is 4.68 Å². The van der Waals surface area contributed by atoms with E-state index in [4.69, 9.17) is 14.2 Å². The Morgan fingerprint density at radius 1 is 0.948 bits per heavy atom. The summed E-state index contributed by atoms with van der Waals surface area (Å²) in [5.41, 5.74) is 3.26. The minimum Gasteiger partial charge on any atom is -0.506 e. The molecule has 0 aliphatic rings. The average Bonchev–Trinajstić information content (AvgIpc) is 3.66. The number of benzene rings is 5. The highest BCUT2D eigenvalue weighted by atomic mass is 32.2. The van der Waals surface area contributed by atoms with Crippen LogP contribution in [0.1, 0.15) is 52.4 Å². The Kier molecular flexibility index (Phi) is 13.4. The molecule has 0 aliphatic heterocycles. The number of nitro benzene ring substituents is 1.